The molecule has 7 nitrogen and oxygen atoms in total. The average molecular weight is 399 g/mol. The highest BCUT2D eigenvalue weighted by molar-refractivity contribution is 5.50. The first-order chi connectivity index (χ1) is 14.2. The lowest BCUT2D eigenvalue weighted by Gasteiger charge is -2.38. The van der Waals surface area contributed by atoms with Crippen LogP contribution in [0.3, 0.4) is 0 Å². The molecular formula is C21H26FN5O2. The van der Waals surface area contributed by atoms with Crippen LogP contribution in [0.15, 0.2) is 36.5 Å². The van der Waals surface area contributed by atoms with Crippen LogP contribution in [0.1, 0.15) is 12.8 Å². The zero-order chi connectivity index (χ0) is 19.7. The topological polar surface area (TPSA) is 54.0 Å². The van der Waals surface area contributed by atoms with E-state index in [0.29, 0.717) is 13.2 Å². The fourth-order valence-corrected chi connectivity index (χ4v) is 4.35. The van der Waals surface area contributed by atoms with Gasteiger partial charge in [-0.3, -0.25) is 0 Å². The van der Waals surface area contributed by atoms with Gasteiger partial charge in [0.25, 0.3) is 0 Å². The first kappa shape index (κ1) is 18.6. The van der Waals surface area contributed by atoms with Crippen molar-refractivity contribution in [2.75, 3.05) is 67.2 Å². The number of piperidine rings is 1. The van der Waals surface area contributed by atoms with Gasteiger partial charge in [-0.05, 0) is 30.3 Å². The van der Waals surface area contributed by atoms with Gasteiger partial charge in [-0.15, -0.1) is 0 Å². The van der Waals surface area contributed by atoms with E-state index < -0.39 is 0 Å². The fraction of sp³-hybridized carbons (Fsp3) is 0.524. The first-order valence-electron chi connectivity index (χ1n) is 10.3. The van der Waals surface area contributed by atoms with Gasteiger partial charge in [-0.2, -0.15) is 4.98 Å². The van der Waals surface area contributed by atoms with E-state index in [-0.39, 0.29) is 11.6 Å². The van der Waals surface area contributed by atoms with E-state index in [9.17, 15) is 4.39 Å². The molecule has 0 radical (unpaired) electrons. The number of aromatic nitrogens is 2. The SMILES string of the molecule is Fc1ccc(N2CCN(c3ccnc(N4CCC5(CC4)OCCO5)n3)CC2)cc1. The second-order valence-electron chi connectivity index (χ2n) is 7.76. The van der Waals surface area contributed by atoms with Crippen molar-refractivity contribution < 1.29 is 13.9 Å². The van der Waals surface area contributed by atoms with Crippen molar-refractivity contribution in [2.24, 2.45) is 0 Å². The van der Waals surface area contributed by atoms with Gasteiger partial charge >= 0.3 is 0 Å². The summed E-state index contributed by atoms with van der Waals surface area (Å²) < 4.78 is 24.8. The molecule has 4 heterocycles. The van der Waals surface area contributed by atoms with Crippen molar-refractivity contribution in [3.05, 3.63) is 42.3 Å². The average Bonchev–Trinajstić information content (AvgIpc) is 3.23. The van der Waals surface area contributed by atoms with Gasteiger partial charge in [-0.1, -0.05) is 0 Å². The molecule has 2 aromatic rings. The molecule has 3 fully saturated rings. The minimum atomic E-state index is -0.384. The van der Waals surface area contributed by atoms with Crippen LogP contribution in [0, 0.1) is 5.82 Å². The molecule has 0 amide bonds. The molecule has 0 bridgehead atoms. The normalized spacial score (nSPS) is 21.8. The standard InChI is InChI=1S/C21H26FN5O2/c22-17-1-3-18(4-2-17)25-11-13-26(14-12-25)19-5-8-23-20(24-19)27-9-6-21(7-10-27)28-15-16-29-21/h1-5,8H,6-7,9-16H2. The molecule has 3 aliphatic rings. The molecule has 0 aliphatic carbocycles. The van der Waals surface area contributed by atoms with Gasteiger partial charge in [0.1, 0.15) is 11.6 Å². The third kappa shape index (κ3) is 3.86. The zero-order valence-corrected chi connectivity index (χ0v) is 16.5. The molecular weight excluding hydrogens is 373 g/mol. The molecule has 0 atom stereocenters. The second-order valence-corrected chi connectivity index (χ2v) is 7.76. The second kappa shape index (κ2) is 7.76. The van der Waals surface area contributed by atoms with Gasteiger partial charge in [0.2, 0.25) is 5.95 Å². The van der Waals surface area contributed by atoms with Gasteiger partial charge in [-0.25, -0.2) is 9.37 Å². The fourth-order valence-electron chi connectivity index (χ4n) is 4.35. The van der Waals surface area contributed by atoms with E-state index in [4.69, 9.17) is 14.5 Å². The zero-order valence-electron chi connectivity index (χ0n) is 16.5. The van der Waals surface area contributed by atoms with Gasteiger partial charge < -0.3 is 24.2 Å². The predicted molar refractivity (Wildman–Crippen MR) is 109 cm³/mol. The Kier molecular flexibility index (Phi) is 4.97. The Morgan fingerprint density at radius 1 is 0.793 bits per heavy atom. The van der Waals surface area contributed by atoms with Crippen LogP contribution < -0.4 is 14.7 Å². The van der Waals surface area contributed by atoms with Crippen LogP contribution in [0.4, 0.5) is 21.8 Å². The summed E-state index contributed by atoms with van der Waals surface area (Å²) in [5, 5.41) is 0. The van der Waals surface area contributed by atoms with Gasteiger partial charge in [0.15, 0.2) is 5.79 Å². The Balaban J connectivity index is 1.21. The van der Waals surface area contributed by atoms with Crippen molar-refractivity contribution in [1.29, 1.82) is 0 Å². The lowest BCUT2D eigenvalue weighted by molar-refractivity contribution is -0.169. The highest BCUT2D eigenvalue weighted by Crippen LogP contribution is 2.32. The van der Waals surface area contributed by atoms with Crippen molar-refractivity contribution in [3.8, 4) is 0 Å². The molecule has 1 aromatic heterocycles. The summed E-state index contributed by atoms with van der Waals surface area (Å²) in [7, 11) is 0. The molecule has 3 aliphatic heterocycles. The summed E-state index contributed by atoms with van der Waals surface area (Å²) in [4.78, 5) is 16.1. The quantitative estimate of drug-likeness (QED) is 0.785. The number of benzene rings is 1. The highest BCUT2D eigenvalue weighted by atomic mass is 19.1. The number of hydrogen-bond acceptors (Lipinski definition) is 7. The Labute approximate surface area is 170 Å². The van der Waals surface area contributed by atoms with Crippen molar-refractivity contribution in [1.82, 2.24) is 9.97 Å². The molecule has 154 valence electrons. The van der Waals surface area contributed by atoms with E-state index in [0.717, 1.165) is 69.6 Å². The number of rotatable bonds is 3. The molecule has 29 heavy (non-hydrogen) atoms. The smallest absolute Gasteiger partial charge is 0.227 e. The van der Waals surface area contributed by atoms with Crippen LogP contribution in [0.5, 0.6) is 0 Å². The molecule has 0 unspecified atom stereocenters. The maximum atomic E-state index is 13.2. The predicted octanol–water partition coefficient (Wildman–Crippen LogP) is 2.29. The summed E-state index contributed by atoms with van der Waals surface area (Å²) in [5.74, 6) is 1.15. The lowest BCUT2D eigenvalue weighted by Crippen LogP contribution is -2.47. The minimum absolute atomic E-state index is 0.199. The van der Waals surface area contributed by atoms with Crippen molar-refractivity contribution >= 4 is 17.5 Å². The third-order valence-corrected chi connectivity index (χ3v) is 6.05. The molecule has 1 spiro atoms. The molecule has 0 N–H and O–H groups in total. The molecule has 0 saturated carbocycles. The first-order valence-corrected chi connectivity index (χ1v) is 10.3. The van der Waals surface area contributed by atoms with E-state index >= 15 is 0 Å². The van der Waals surface area contributed by atoms with Crippen LogP contribution in [-0.4, -0.2) is 68.2 Å². The van der Waals surface area contributed by atoms with Crippen LogP contribution in [-0.2, 0) is 9.47 Å². The van der Waals surface area contributed by atoms with E-state index in [1.54, 1.807) is 0 Å². The Hall–Kier alpha value is -2.45. The molecule has 8 heteroatoms. The summed E-state index contributed by atoms with van der Waals surface area (Å²) in [5.41, 5.74) is 1.06. The largest absolute Gasteiger partial charge is 0.368 e. The van der Waals surface area contributed by atoms with Gasteiger partial charge in [0.05, 0.1) is 13.2 Å². The molecule has 3 saturated heterocycles. The summed E-state index contributed by atoms with van der Waals surface area (Å²) in [6, 6.07) is 8.70. The number of piperazine rings is 1. The Morgan fingerprint density at radius 2 is 1.45 bits per heavy atom. The van der Waals surface area contributed by atoms with Crippen LogP contribution in [0.2, 0.25) is 0 Å². The number of anilines is 3. The van der Waals surface area contributed by atoms with Gasteiger partial charge in [0, 0.05) is 64.0 Å². The minimum Gasteiger partial charge on any atom is -0.368 e. The Morgan fingerprint density at radius 3 is 2.14 bits per heavy atom. The Bertz CT molecular complexity index is 825. The number of nitrogens with zero attached hydrogens (tertiary/aromatic N) is 5. The summed E-state index contributed by atoms with van der Waals surface area (Å²) in [6.45, 7) is 6.56. The van der Waals surface area contributed by atoms with E-state index in [1.807, 2.05) is 24.4 Å². The molecule has 5 rings (SSSR count). The number of hydrogen-bond donors (Lipinski definition) is 0. The summed E-state index contributed by atoms with van der Waals surface area (Å²) in [6.07, 6.45) is 3.53. The van der Waals surface area contributed by atoms with E-state index in [1.165, 1.54) is 12.1 Å². The molecule has 1 aromatic carbocycles. The monoisotopic (exact) mass is 399 g/mol. The van der Waals surface area contributed by atoms with Crippen molar-refractivity contribution in [2.45, 2.75) is 18.6 Å². The van der Waals surface area contributed by atoms with Crippen molar-refractivity contribution in [3.63, 3.8) is 0 Å². The van der Waals surface area contributed by atoms with Crippen LogP contribution in [0.25, 0.3) is 0 Å². The lowest BCUT2D eigenvalue weighted by atomic mass is 10.0. The summed E-state index contributed by atoms with van der Waals surface area (Å²) >= 11 is 0. The number of ether oxygens (including phenoxy) is 2. The number of halogens is 1. The van der Waals surface area contributed by atoms with E-state index in [2.05, 4.69) is 19.7 Å². The maximum Gasteiger partial charge on any atom is 0.227 e. The maximum absolute atomic E-state index is 13.2. The van der Waals surface area contributed by atoms with Crippen LogP contribution >= 0.6 is 0 Å². The highest BCUT2D eigenvalue weighted by Gasteiger charge is 2.40. The third-order valence-electron chi connectivity index (χ3n) is 6.05.